The summed E-state index contributed by atoms with van der Waals surface area (Å²) in [7, 11) is 1.93. The van der Waals surface area contributed by atoms with E-state index in [0.717, 1.165) is 37.0 Å². The number of aliphatic hydroxyl groups is 1. The average Bonchev–Trinajstić information content (AvgIpc) is 2.43. The number of unbranched alkanes of at least 4 members (excludes halogenated alkanes) is 3. The zero-order valence-electron chi connectivity index (χ0n) is 11.8. The number of hydrogen-bond donors (Lipinski definition) is 2. The smallest absolute Gasteiger partial charge is 0.137 e. The molecule has 0 heterocycles. The third-order valence-electron chi connectivity index (χ3n) is 3.20. The molecule has 0 aliphatic carbocycles. The van der Waals surface area contributed by atoms with Gasteiger partial charge in [0.1, 0.15) is 5.75 Å². The zero-order valence-corrected chi connectivity index (χ0v) is 12.5. The van der Waals surface area contributed by atoms with Gasteiger partial charge in [-0.05, 0) is 50.9 Å². The highest BCUT2D eigenvalue weighted by Gasteiger charge is 2.07. The summed E-state index contributed by atoms with van der Waals surface area (Å²) in [4.78, 5) is 0. The summed E-state index contributed by atoms with van der Waals surface area (Å²) in [5.74, 6) is 0.746. The molecule has 0 aromatic heterocycles. The van der Waals surface area contributed by atoms with Crippen LogP contribution >= 0.6 is 11.6 Å². The summed E-state index contributed by atoms with van der Waals surface area (Å²) < 4.78 is 5.67. The van der Waals surface area contributed by atoms with Gasteiger partial charge in [-0.3, -0.25) is 0 Å². The maximum atomic E-state index is 8.67. The number of rotatable bonds is 9. The maximum Gasteiger partial charge on any atom is 0.137 e. The third-order valence-corrected chi connectivity index (χ3v) is 3.49. The summed E-state index contributed by atoms with van der Waals surface area (Å²) in [6, 6.07) is 6.20. The van der Waals surface area contributed by atoms with Crippen LogP contribution in [0.5, 0.6) is 5.75 Å². The molecule has 108 valence electrons. The van der Waals surface area contributed by atoms with Crippen molar-refractivity contribution in [3.8, 4) is 5.75 Å². The Morgan fingerprint density at radius 1 is 1.26 bits per heavy atom. The normalized spacial score (nSPS) is 12.4. The highest BCUT2D eigenvalue weighted by molar-refractivity contribution is 6.32. The van der Waals surface area contributed by atoms with Crippen molar-refractivity contribution in [2.24, 2.45) is 0 Å². The van der Waals surface area contributed by atoms with E-state index in [1.165, 1.54) is 0 Å². The molecule has 1 aromatic carbocycles. The van der Waals surface area contributed by atoms with Crippen LogP contribution in [0.25, 0.3) is 0 Å². The second kappa shape index (κ2) is 9.18. The maximum absolute atomic E-state index is 8.67. The molecule has 1 atom stereocenters. The van der Waals surface area contributed by atoms with Gasteiger partial charge in [-0.1, -0.05) is 24.1 Å². The van der Waals surface area contributed by atoms with E-state index in [2.05, 4.69) is 12.2 Å². The predicted octanol–water partition coefficient (Wildman–Crippen LogP) is 3.55. The van der Waals surface area contributed by atoms with Crippen LogP contribution in [-0.2, 0) is 0 Å². The van der Waals surface area contributed by atoms with E-state index in [1.54, 1.807) is 0 Å². The molecule has 1 rings (SSSR count). The van der Waals surface area contributed by atoms with Crippen molar-refractivity contribution >= 4 is 11.6 Å². The van der Waals surface area contributed by atoms with E-state index in [-0.39, 0.29) is 12.6 Å². The molecule has 0 radical (unpaired) electrons. The second-order valence-corrected chi connectivity index (χ2v) is 5.09. The van der Waals surface area contributed by atoms with E-state index in [9.17, 15) is 0 Å². The van der Waals surface area contributed by atoms with E-state index in [4.69, 9.17) is 21.4 Å². The Bertz CT molecular complexity index is 371. The Morgan fingerprint density at radius 2 is 2.00 bits per heavy atom. The van der Waals surface area contributed by atoms with Gasteiger partial charge in [-0.2, -0.15) is 0 Å². The molecule has 0 aliphatic heterocycles. The van der Waals surface area contributed by atoms with Crippen molar-refractivity contribution < 1.29 is 9.84 Å². The minimum atomic E-state index is 0.276. The Balaban J connectivity index is 2.38. The molecule has 0 spiro atoms. The van der Waals surface area contributed by atoms with Crippen LogP contribution in [0.3, 0.4) is 0 Å². The van der Waals surface area contributed by atoms with Crippen LogP contribution in [0.1, 0.15) is 44.2 Å². The van der Waals surface area contributed by atoms with Gasteiger partial charge in [0.15, 0.2) is 0 Å². The van der Waals surface area contributed by atoms with Gasteiger partial charge in [0.2, 0.25) is 0 Å². The SMILES string of the molecule is CNC(C)c1ccc(OCCCCCCO)c(Cl)c1. The van der Waals surface area contributed by atoms with Crippen LogP contribution in [0, 0.1) is 0 Å². The molecule has 1 unspecified atom stereocenters. The first kappa shape index (κ1) is 16.3. The van der Waals surface area contributed by atoms with E-state index in [0.29, 0.717) is 11.6 Å². The topological polar surface area (TPSA) is 41.5 Å². The summed E-state index contributed by atoms with van der Waals surface area (Å²) >= 11 is 6.21. The van der Waals surface area contributed by atoms with Crippen LogP contribution in [0.4, 0.5) is 0 Å². The average molecular weight is 286 g/mol. The minimum absolute atomic E-state index is 0.276. The van der Waals surface area contributed by atoms with Crippen LogP contribution in [0.15, 0.2) is 18.2 Å². The van der Waals surface area contributed by atoms with Gasteiger partial charge in [0.25, 0.3) is 0 Å². The van der Waals surface area contributed by atoms with E-state index < -0.39 is 0 Å². The lowest BCUT2D eigenvalue weighted by atomic mass is 10.1. The van der Waals surface area contributed by atoms with Crippen molar-refractivity contribution in [3.63, 3.8) is 0 Å². The number of nitrogens with one attached hydrogen (secondary N) is 1. The van der Waals surface area contributed by atoms with Crippen molar-refractivity contribution in [1.82, 2.24) is 5.32 Å². The fourth-order valence-corrected chi connectivity index (χ4v) is 2.06. The molecule has 0 amide bonds. The van der Waals surface area contributed by atoms with Gasteiger partial charge in [-0.15, -0.1) is 0 Å². The molecule has 4 heteroatoms. The van der Waals surface area contributed by atoms with Gasteiger partial charge in [0.05, 0.1) is 11.6 Å². The Morgan fingerprint density at radius 3 is 2.63 bits per heavy atom. The standard InChI is InChI=1S/C15H24ClNO2/c1-12(17-2)13-7-8-15(14(16)11-13)19-10-6-4-3-5-9-18/h7-8,11-12,17-18H,3-6,9-10H2,1-2H3. The number of hydrogen-bond acceptors (Lipinski definition) is 3. The molecule has 0 saturated heterocycles. The molecule has 3 nitrogen and oxygen atoms in total. The molecular formula is C15H24ClNO2. The minimum Gasteiger partial charge on any atom is -0.492 e. The van der Waals surface area contributed by atoms with Crippen LogP contribution in [-0.4, -0.2) is 25.4 Å². The van der Waals surface area contributed by atoms with Crippen LogP contribution < -0.4 is 10.1 Å². The first-order valence-electron chi connectivity index (χ1n) is 6.89. The predicted molar refractivity (Wildman–Crippen MR) is 80.0 cm³/mol. The lowest BCUT2D eigenvalue weighted by Crippen LogP contribution is -2.12. The van der Waals surface area contributed by atoms with Gasteiger partial charge in [-0.25, -0.2) is 0 Å². The third kappa shape index (κ3) is 5.81. The van der Waals surface area contributed by atoms with E-state index >= 15 is 0 Å². The molecule has 0 bridgehead atoms. The summed E-state index contributed by atoms with van der Waals surface area (Å²) in [6.45, 7) is 3.04. The lowest BCUT2D eigenvalue weighted by molar-refractivity contribution is 0.273. The van der Waals surface area contributed by atoms with Crippen molar-refractivity contribution in [2.45, 2.75) is 38.6 Å². The fraction of sp³-hybridized carbons (Fsp3) is 0.600. The number of benzene rings is 1. The molecule has 0 aliphatic rings. The summed E-state index contributed by atoms with van der Waals surface area (Å²) in [5, 5.41) is 12.5. The second-order valence-electron chi connectivity index (χ2n) is 4.69. The molecule has 19 heavy (non-hydrogen) atoms. The first-order chi connectivity index (χ1) is 9.19. The van der Waals surface area contributed by atoms with Gasteiger partial charge < -0.3 is 15.2 Å². The summed E-state index contributed by atoms with van der Waals surface area (Å²) in [5.41, 5.74) is 1.16. The zero-order chi connectivity index (χ0) is 14.1. The number of halogens is 1. The Kier molecular flexibility index (Phi) is 7.87. The molecule has 0 saturated carbocycles. The molecule has 1 aromatic rings. The van der Waals surface area contributed by atoms with Crippen molar-refractivity contribution in [3.05, 3.63) is 28.8 Å². The summed E-state index contributed by atoms with van der Waals surface area (Å²) in [6.07, 6.45) is 3.99. The Hall–Kier alpha value is -0.770. The van der Waals surface area contributed by atoms with Crippen molar-refractivity contribution in [2.75, 3.05) is 20.3 Å². The quantitative estimate of drug-likeness (QED) is 0.682. The Labute approximate surface area is 120 Å². The highest BCUT2D eigenvalue weighted by Crippen LogP contribution is 2.28. The van der Waals surface area contributed by atoms with Gasteiger partial charge in [0, 0.05) is 12.6 Å². The number of aliphatic hydroxyl groups excluding tert-OH is 1. The number of ether oxygens (including phenoxy) is 1. The largest absolute Gasteiger partial charge is 0.492 e. The molecule has 0 fully saturated rings. The van der Waals surface area contributed by atoms with Crippen LogP contribution in [0.2, 0.25) is 5.02 Å². The monoisotopic (exact) mass is 285 g/mol. The fourth-order valence-electron chi connectivity index (χ4n) is 1.82. The first-order valence-corrected chi connectivity index (χ1v) is 7.27. The van der Waals surface area contributed by atoms with Gasteiger partial charge >= 0.3 is 0 Å². The molecular weight excluding hydrogens is 262 g/mol. The van der Waals surface area contributed by atoms with E-state index in [1.807, 2.05) is 25.2 Å². The van der Waals surface area contributed by atoms with Crippen molar-refractivity contribution in [1.29, 1.82) is 0 Å². The molecule has 2 N–H and O–H groups in total. The highest BCUT2D eigenvalue weighted by atomic mass is 35.5. The lowest BCUT2D eigenvalue weighted by Gasteiger charge is -2.13.